The first-order valence-electron chi connectivity index (χ1n) is 8.67. The topological polar surface area (TPSA) is 64.9 Å². The summed E-state index contributed by atoms with van der Waals surface area (Å²) in [5.41, 5.74) is 2.21. The molecule has 0 aliphatic rings. The van der Waals surface area contributed by atoms with Gasteiger partial charge >= 0.3 is 0 Å². The molecule has 1 N–H and O–H groups in total. The lowest BCUT2D eigenvalue weighted by Crippen LogP contribution is -2.18. The van der Waals surface area contributed by atoms with E-state index in [0.29, 0.717) is 0 Å². The second-order valence-electron chi connectivity index (χ2n) is 6.40. The molecule has 4 rings (SSSR count). The number of anilines is 1. The fourth-order valence-electron chi connectivity index (χ4n) is 3.27. The zero-order chi connectivity index (χ0) is 19.0. The first kappa shape index (κ1) is 17.5. The Morgan fingerprint density at radius 3 is 2.70 bits per heavy atom. The van der Waals surface area contributed by atoms with Crippen molar-refractivity contribution in [1.82, 2.24) is 19.5 Å². The highest BCUT2D eigenvalue weighted by Crippen LogP contribution is 2.36. The third kappa shape index (κ3) is 3.04. The maximum atomic E-state index is 5.61. The second kappa shape index (κ2) is 7.00. The molecule has 3 aromatic heterocycles. The number of nitrogens with one attached hydrogen (secondary N) is 1. The number of aromatic nitrogens is 4. The zero-order valence-corrected chi connectivity index (χ0v) is 16.5. The van der Waals surface area contributed by atoms with Gasteiger partial charge in [0.15, 0.2) is 0 Å². The van der Waals surface area contributed by atoms with Crippen molar-refractivity contribution < 1.29 is 4.74 Å². The summed E-state index contributed by atoms with van der Waals surface area (Å²) in [4.78, 5) is 15.8. The normalized spacial score (nSPS) is 12.3. The Balaban J connectivity index is 1.87. The van der Waals surface area contributed by atoms with Crippen molar-refractivity contribution >= 4 is 27.4 Å². The SMILES string of the molecule is COc1ccccc1C(Nc1ncnc2sc(C)c(C)c12)c1nccn1C. The predicted octanol–water partition coefficient (Wildman–Crippen LogP) is 4.25. The van der Waals surface area contributed by atoms with Gasteiger partial charge in [0, 0.05) is 29.9 Å². The van der Waals surface area contributed by atoms with Gasteiger partial charge in [0.25, 0.3) is 0 Å². The van der Waals surface area contributed by atoms with E-state index in [4.69, 9.17) is 4.74 Å². The number of para-hydroxylation sites is 1. The molecule has 0 aliphatic carbocycles. The van der Waals surface area contributed by atoms with E-state index in [1.807, 2.05) is 36.0 Å². The summed E-state index contributed by atoms with van der Waals surface area (Å²) in [6.45, 7) is 4.23. The Morgan fingerprint density at radius 2 is 1.96 bits per heavy atom. The molecular weight excluding hydrogens is 358 g/mol. The van der Waals surface area contributed by atoms with E-state index in [-0.39, 0.29) is 6.04 Å². The molecule has 1 unspecified atom stereocenters. The third-order valence-electron chi connectivity index (χ3n) is 4.81. The van der Waals surface area contributed by atoms with Gasteiger partial charge in [0.05, 0.1) is 12.5 Å². The van der Waals surface area contributed by atoms with Gasteiger partial charge in [-0.15, -0.1) is 11.3 Å². The minimum Gasteiger partial charge on any atom is -0.496 e. The summed E-state index contributed by atoms with van der Waals surface area (Å²) in [7, 11) is 3.67. The highest BCUT2D eigenvalue weighted by atomic mass is 32.1. The number of benzene rings is 1. The number of fused-ring (bicyclic) bond motifs is 1. The van der Waals surface area contributed by atoms with Crippen LogP contribution < -0.4 is 10.1 Å². The van der Waals surface area contributed by atoms with Crippen LogP contribution in [0.15, 0.2) is 43.0 Å². The Kier molecular flexibility index (Phi) is 4.53. The minimum absolute atomic E-state index is 0.209. The summed E-state index contributed by atoms with van der Waals surface area (Å²) >= 11 is 1.69. The molecule has 0 radical (unpaired) electrons. The number of hydrogen-bond acceptors (Lipinski definition) is 6. The van der Waals surface area contributed by atoms with E-state index >= 15 is 0 Å². The number of rotatable bonds is 5. The number of hydrogen-bond donors (Lipinski definition) is 1. The van der Waals surface area contributed by atoms with E-state index in [0.717, 1.165) is 33.2 Å². The lowest BCUT2D eigenvalue weighted by molar-refractivity contribution is 0.408. The first-order chi connectivity index (χ1) is 13.1. The summed E-state index contributed by atoms with van der Waals surface area (Å²) in [6.07, 6.45) is 5.35. The van der Waals surface area contributed by atoms with Crippen molar-refractivity contribution in [2.45, 2.75) is 19.9 Å². The monoisotopic (exact) mass is 379 g/mol. The second-order valence-corrected chi connectivity index (χ2v) is 7.60. The van der Waals surface area contributed by atoms with Crippen LogP contribution in [0.5, 0.6) is 5.75 Å². The molecule has 4 aromatic rings. The van der Waals surface area contributed by atoms with Crippen LogP contribution in [0.1, 0.15) is 27.9 Å². The minimum atomic E-state index is -0.209. The summed E-state index contributed by atoms with van der Waals surface area (Å²) < 4.78 is 7.62. The standard InChI is InChI=1S/C20H21N5OS/c1-12-13(2)27-20-16(12)18(22-11-23-20)24-17(19-21-9-10-25(19)3)14-7-5-6-8-15(14)26-4/h5-11,17H,1-4H3,(H,22,23,24). The van der Waals surface area contributed by atoms with Crippen LogP contribution in [-0.4, -0.2) is 26.6 Å². The van der Waals surface area contributed by atoms with Crippen molar-refractivity contribution in [3.05, 3.63) is 64.8 Å². The largest absolute Gasteiger partial charge is 0.496 e. The van der Waals surface area contributed by atoms with Crippen LogP contribution in [0.2, 0.25) is 0 Å². The molecule has 0 bridgehead atoms. The molecule has 27 heavy (non-hydrogen) atoms. The van der Waals surface area contributed by atoms with Crippen LogP contribution in [0.25, 0.3) is 10.2 Å². The molecule has 0 fully saturated rings. The van der Waals surface area contributed by atoms with Gasteiger partial charge in [-0.1, -0.05) is 18.2 Å². The lowest BCUT2D eigenvalue weighted by atomic mass is 10.0. The maximum Gasteiger partial charge on any atom is 0.139 e. The number of methoxy groups -OCH3 is 1. The van der Waals surface area contributed by atoms with Gasteiger partial charge in [0.2, 0.25) is 0 Å². The number of ether oxygens (including phenoxy) is 1. The Hall–Kier alpha value is -2.93. The van der Waals surface area contributed by atoms with Gasteiger partial charge in [-0.3, -0.25) is 0 Å². The number of nitrogens with zero attached hydrogens (tertiary/aromatic N) is 4. The molecule has 7 heteroatoms. The summed E-state index contributed by atoms with van der Waals surface area (Å²) in [6, 6.07) is 7.77. The molecule has 0 saturated heterocycles. The maximum absolute atomic E-state index is 5.61. The molecule has 6 nitrogen and oxygen atoms in total. The van der Waals surface area contributed by atoms with E-state index in [2.05, 4.69) is 40.2 Å². The quantitative estimate of drug-likeness (QED) is 0.561. The molecule has 138 valence electrons. The van der Waals surface area contributed by atoms with Crippen LogP contribution in [0.3, 0.4) is 0 Å². The first-order valence-corrected chi connectivity index (χ1v) is 9.49. The molecule has 0 amide bonds. The van der Waals surface area contributed by atoms with Gasteiger partial charge in [-0.05, 0) is 25.5 Å². The van der Waals surface area contributed by atoms with Gasteiger partial charge in [-0.2, -0.15) is 0 Å². The highest BCUT2D eigenvalue weighted by Gasteiger charge is 2.24. The van der Waals surface area contributed by atoms with E-state index < -0.39 is 0 Å². The van der Waals surface area contributed by atoms with E-state index in [9.17, 15) is 0 Å². The van der Waals surface area contributed by atoms with Crippen molar-refractivity contribution in [2.24, 2.45) is 7.05 Å². The number of aryl methyl sites for hydroxylation is 3. The predicted molar refractivity (Wildman–Crippen MR) is 109 cm³/mol. The summed E-state index contributed by atoms with van der Waals surface area (Å²) in [5, 5.41) is 4.67. The molecule has 0 spiro atoms. The number of thiophene rings is 1. The molecule has 1 aromatic carbocycles. The van der Waals surface area contributed by atoms with E-state index in [1.165, 1.54) is 10.4 Å². The Labute approximate surface area is 161 Å². The van der Waals surface area contributed by atoms with Gasteiger partial charge < -0.3 is 14.6 Å². The summed E-state index contributed by atoms with van der Waals surface area (Å²) in [5.74, 6) is 2.50. The Bertz CT molecular complexity index is 1100. The van der Waals surface area contributed by atoms with Crippen molar-refractivity contribution in [3.63, 3.8) is 0 Å². The molecule has 0 saturated carbocycles. The molecule has 0 aliphatic heterocycles. The molecular formula is C20H21N5OS. The van der Waals surface area contributed by atoms with Crippen molar-refractivity contribution in [1.29, 1.82) is 0 Å². The fraction of sp³-hybridized carbons (Fsp3) is 0.250. The third-order valence-corrected chi connectivity index (χ3v) is 5.93. The zero-order valence-electron chi connectivity index (χ0n) is 15.7. The van der Waals surface area contributed by atoms with Crippen molar-refractivity contribution in [2.75, 3.05) is 12.4 Å². The van der Waals surface area contributed by atoms with Crippen LogP contribution in [0.4, 0.5) is 5.82 Å². The average molecular weight is 379 g/mol. The molecule has 3 heterocycles. The van der Waals surface area contributed by atoms with Crippen molar-refractivity contribution in [3.8, 4) is 5.75 Å². The smallest absolute Gasteiger partial charge is 0.139 e. The number of imidazole rings is 1. The van der Waals surface area contributed by atoms with Crippen LogP contribution >= 0.6 is 11.3 Å². The fourth-order valence-corrected chi connectivity index (χ4v) is 4.27. The lowest BCUT2D eigenvalue weighted by Gasteiger charge is -2.22. The van der Waals surface area contributed by atoms with Gasteiger partial charge in [-0.25, -0.2) is 15.0 Å². The Morgan fingerprint density at radius 1 is 1.15 bits per heavy atom. The van der Waals surface area contributed by atoms with Gasteiger partial charge in [0.1, 0.15) is 34.6 Å². The van der Waals surface area contributed by atoms with Crippen LogP contribution in [0, 0.1) is 13.8 Å². The van der Waals surface area contributed by atoms with Crippen LogP contribution in [-0.2, 0) is 7.05 Å². The highest BCUT2D eigenvalue weighted by molar-refractivity contribution is 7.18. The van der Waals surface area contributed by atoms with E-state index in [1.54, 1.807) is 31.0 Å². The molecule has 1 atom stereocenters. The average Bonchev–Trinajstić information content (AvgIpc) is 3.23.